The number of sulfone groups is 1. The van der Waals surface area contributed by atoms with Crippen LogP contribution in [-0.2, 0) is 9.84 Å². The molecule has 2 amide bonds. The molecule has 1 fully saturated rings. The molecule has 0 aromatic heterocycles. The average molecular weight is 308 g/mol. The van der Waals surface area contributed by atoms with Crippen molar-refractivity contribution in [1.82, 2.24) is 10.2 Å². The van der Waals surface area contributed by atoms with E-state index in [1.54, 1.807) is 13.2 Å². The molecular formula is C15H20N2O3S. The van der Waals surface area contributed by atoms with Crippen molar-refractivity contribution >= 4 is 21.9 Å². The zero-order valence-corrected chi connectivity index (χ0v) is 13.1. The van der Waals surface area contributed by atoms with E-state index in [1.807, 2.05) is 37.3 Å². The van der Waals surface area contributed by atoms with Crippen LogP contribution in [0.25, 0.3) is 6.08 Å². The first-order chi connectivity index (χ1) is 9.89. The largest absolute Gasteiger partial charge is 0.324 e. The maximum Gasteiger partial charge on any atom is 0.321 e. The Labute approximate surface area is 125 Å². The van der Waals surface area contributed by atoms with Gasteiger partial charge in [0.1, 0.15) is 0 Å². The van der Waals surface area contributed by atoms with Crippen molar-refractivity contribution in [3.05, 3.63) is 41.6 Å². The van der Waals surface area contributed by atoms with E-state index in [4.69, 9.17) is 0 Å². The predicted octanol–water partition coefficient (Wildman–Crippen LogP) is 1.79. The molecule has 1 aromatic carbocycles. The summed E-state index contributed by atoms with van der Waals surface area (Å²) in [6.07, 6.45) is 3.92. The molecule has 1 N–H and O–H groups in total. The van der Waals surface area contributed by atoms with Crippen molar-refractivity contribution in [2.75, 3.05) is 18.6 Å². The molecule has 0 aliphatic carbocycles. The van der Waals surface area contributed by atoms with Crippen LogP contribution in [0.1, 0.15) is 17.5 Å². The molecule has 1 saturated heterocycles. The lowest BCUT2D eigenvalue weighted by atomic mass is 10.1. The summed E-state index contributed by atoms with van der Waals surface area (Å²) in [6, 6.07) is 7.33. The molecule has 5 nitrogen and oxygen atoms in total. The zero-order valence-electron chi connectivity index (χ0n) is 12.2. The average Bonchev–Trinajstić information content (AvgIpc) is 2.80. The molecule has 1 heterocycles. The number of rotatable bonds is 3. The number of carbonyl (C=O) groups is 1. The highest BCUT2D eigenvalue weighted by Gasteiger charge is 2.32. The van der Waals surface area contributed by atoms with Crippen LogP contribution < -0.4 is 5.32 Å². The van der Waals surface area contributed by atoms with Crippen LogP contribution in [0.2, 0.25) is 0 Å². The van der Waals surface area contributed by atoms with Gasteiger partial charge >= 0.3 is 6.03 Å². The van der Waals surface area contributed by atoms with E-state index < -0.39 is 9.84 Å². The Balaban J connectivity index is 1.92. The van der Waals surface area contributed by atoms with Gasteiger partial charge in [-0.2, -0.15) is 0 Å². The van der Waals surface area contributed by atoms with E-state index in [9.17, 15) is 13.2 Å². The third kappa shape index (κ3) is 4.07. The molecule has 6 heteroatoms. The second kappa shape index (κ2) is 6.30. The highest BCUT2D eigenvalue weighted by atomic mass is 32.2. The summed E-state index contributed by atoms with van der Waals surface area (Å²) < 4.78 is 22.9. The summed E-state index contributed by atoms with van der Waals surface area (Å²) in [4.78, 5) is 13.4. The first kappa shape index (κ1) is 15.6. The smallest absolute Gasteiger partial charge is 0.321 e. The normalized spacial score (nSPS) is 20.6. The Kier molecular flexibility index (Phi) is 4.67. The van der Waals surface area contributed by atoms with Crippen LogP contribution in [0.3, 0.4) is 0 Å². The van der Waals surface area contributed by atoms with Crippen LogP contribution in [0, 0.1) is 6.92 Å². The summed E-state index contributed by atoms with van der Waals surface area (Å²) in [5.74, 6) is 0.215. The standard InChI is InChI=1S/C15H20N2O3S/c1-12-5-3-4-6-13(12)7-9-16-15(18)17(2)14-8-10-21(19,20)11-14/h3-7,9,14H,8,10-11H2,1-2H3,(H,16,18)/b9-7+. The van der Waals surface area contributed by atoms with Gasteiger partial charge in [0.15, 0.2) is 9.84 Å². The second-order valence-corrected chi connectivity index (χ2v) is 7.54. The van der Waals surface area contributed by atoms with Crippen molar-refractivity contribution in [2.45, 2.75) is 19.4 Å². The fraction of sp³-hybridized carbons (Fsp3) is 0.400. The minimum Gasteiger partial charge on any atom is -0.324 e. The lowest BCUT2D eigenvalue weighted by molar-refractivity contribution is 0.199. The Morgan fingerprint density at radius 3 is 2.71 bits per heavy atom. The van der Waals surface area contributed by atoms with E-state index >= 15 is 0 Å². The molecule has 0 spiro atoms. The molecule has 114 valence electrons. The third-order valence-electron chi connectivity index (χ3n) is 3.73. The van der Waals surface area contributed by atoms with E-state index in [1.165, 1.54) is 4.90 Å². The van der Waals surface area contributed by atoms with Gasteiger partial charge in [0.05, 0.1) is 11.5 Å². The number of hydrogen-bond donors (Lipinski definition) is 1. The first-order valence-electron chi connectivity index (χ1n) is 6.85. The summed E-state index contributed by atoms with van der Waals surface area (Å²) in [5, 5.41) is 2.67. The molecule has 0 bridgehead atoms. The van der Waals surface area contributed by atoms with Crippen LogP contribution in [-0.4, -0.2) is 43.9 Å². The Hall–Kier alpha value is -1.82. The topological polar surface area (TPSA) is 66.5 Å². The van der Waals surface area contributed by atoms with Crippen LogP contribution in [0.5, 0.6) is 0 Å². The third-order valence-corrected chi connectivity index (χ3v) is 5.48. The van der Waals surface area contributed by atoms with Crippen molar-refractivity contribution in [2.24, 2.45) is 0 Å². The van der Waals surface area contributed by atoms with Gasteiger partial charge in [-0.25, -0.2) is 13.2 Å². The van der Waals surface area contributed by atoms with Crippen LogP contribution >= 0.6 is 0 Å². The van der Waals surface area contributed by atoms with Crippen molar-refractivity contribution in [3.8, 4) is 0 Å². The van der Waals surface area contributed by atoms with E-state index in [0.29, 0.717) is 6.42 Å². The van der Waals surface area contributed by atoms with Gasteiger partial charge in [-0.1, -0.05) is 24.3 Å². The first-order valence-corrected chi connectivity index (χ1v) is 8.67. The van der Waals surface area contributed by atoms with E-state index in [-0.39, 0.29) is 23.6 Å². The highest BCUT2D eigenvalue weighted by Crippen LogP contribution is 2.16. The number of hydrogen-bond acceptors (Lipinski definition) is 3. The second-order valence-electron chi connectivity index (χ2n) is 5.31. The van der Waals surface area contributed by atoms with Gasteiger partial charge in [0.25, 0.3) is 0 Å². The van der Waals surface area contributed by atoms with E-state index in [2.05, 4.69) is 5.32 Å². The van der Waals surface area contributed by atoms with Crippen molar-refractivity contribution in [3.63, 3.8) is 0 Å². The Morgan fingerprint density at radius 2 is 2.10 bits per heavy atom. The van der Waals surface area contributed by atoms with Crippen LogP contribution in [0.4, 0.5) is 4.79 Å². The summed E-state index contributed by atoms with van der Waals surface area (Å²) in [5.41, 5.74) is 2.15. The number of nitrogens with one attached hydrogen (secondary N) is 1. The molecule has 1 atom stereocenters. The molecule has 1 unspecified atom stereocenters. The Bertz CT molecular complexity index is 653. The number of benzene rings is 1. The quantitative estimate of drug-likeness (QED) is 0.926. The van der Waals surface area contributed by atoms with Gasteiger partial charge in [-0.15, -0.1) is 0 Å². The molecule has 0 saturated carbocycles. The number of carbonyl (C=O) groups excluding carboxylic acids is 1. The molecule has 2 rings (SSSR count). The van der Waals surface area contributed by atoms with Gasteiger partial charge in [0.2, 0.25) is 0 Å². The number of amides is 2. The van der Waals surface area contributed by atoms with Gasteiger partial charge < -0.3 is 10.2 Å². The summed E-state index contributed by atoms with van der Waals surface area (Å²) in [6.45, 7) is 2.00. The molecule has 1 aliphatic heterocycles. The molecule has 1 aromatic rings. The summed E-state index contributed by atoms with van der Waals surface area (Å²) >= 11 is 0. The SMILES string of the molecule is Cc1ccccc1/C=C/NC(=O)N(C)C1CCS(=O)(=O)C1. The van der Waals surface area contributed by atoms with Crippen LogP contribution in [0.15, 0.2) is 30.5 Å². The van der Waals surface area contributed by atoms with Gasteiger partial charge in [-0.05, 0) is 30.5 Å². The van der Waals surface area contributed by atoms with Gasteiger partial charge in [-0.3, -0.25) is 0 Å². The number of aryl methyl sites for hydroxylation is 1. The molecule has 0 radical (unpaired) electrons. The highest BCUT2D eigenvalue weighted by molar-refractivity contribution is 7.91. The summed E-state index contributed by atoms with van der Waals surface area (Å²) in [7, 11) is -1.36. The predicted molar refractivity (Wildman–Crippen MR) is 83.6 cm³/mol. The molecule has 21 heavy (non-hydrogen) atoms. The lowest BCUT2D eigenvalue weighted by Crippen LogP contribution is -2.42. The maximum atomic E-state index is 12.0. The van der Waals surface area contributed by atoms with Gasteiger partial charge in [0, 0.05) is 19.3 Å². The minimum absolute atomic E-state index is 0.0540. The van der Waals surface area contributed by atoms with Crippen molar-refractivity contribution < 1.29 is 13.2 Å². The fourth-order valence-electron chi connectivity index (χ4n) is 2.33. The molecular weight excluding hydrogens is 288 g/mol. The number of urea groups is 1. The zero-order chi connectivity index (χ0) is 15.5. The lowest BCUT2D eigenvalue weighted by Gasteiger charge is -2.22. The molecule has 1 aliphatic rings. The Morgan fingerprint density at radius 1 is 1.38 bits per heavy atom. The maximum absolute atomic E-state index is 12.0. The van der Waals surface area contributed by atoms with Crippen molar-refractivity contribution in [1.29, 1.82) is 0 Å². The van der Waals surface area contributed by atoms with E-state index in [0.717, 1.165) is 11.1 Å². The monoisotopic (exact) mass is 308 g/mol. The number of nitrogens with zero attached hydrogens (tertiary/aromatic N) is 1. The minimum atomic E-state index is -2.98. The fourth-order valence-corrected chi connectivity index (χ4v) is 4.10.